The molecule has 0 radical (unpaired) electrons. The number of likely N-dealkylation sites (N-methyl/N-ethyl adjacent to an activating group) is 1. The summed E-state index contributed by atoms with van der Waals surface area (Å²) in [6.45, 7) is 6.56. The van der Waals surface area contributed by atoms with Crippen LogP contribution in [0.3, 0.4) is 0 Å². The summed E-state index contributed by atoms with van der Waals surface area (Å²) in [5.74, 6) is 0.818. The minimum absolute atomic E-state index is 0. The van der Waals surface area contributed by atoms with Crippen molar-refractivity contribution in [1.82, 2.24) is 20.5 Å². The van der Waals surface area contributed by atoms with Gasteiger partial charge in [-0.25, -0.2) is 4.98 Å². The standard InChI is InChI=1S/C15H29N5OS.HI/c1-5-13-11-18-14(22-13)12-19-15(16-2)17-7-9-20(3)8-6-10-21-4;/h11H,5-10,12H2,1-4H3,(H2,16,17,19);1H. The first-order valence-electron chi connectivity index (χ1n) is 7.75. The molecule has 0 atom stereocenters. The van der Waals surface area contributed by atoms with Gasteiger partial charge in [-0.05, 0) is 19.9 Å². The molecule has 0 aliphatic rings. The maximum absolute atomic E-state index is 5.06. The van der Waals surface area contributed by atoms with E-state index in [1.54, 1.807) is 25.5 Å². The van der Waals surface area contributed by atoms with Gasteiger partial charge in [0, 0.05) is 51.5 Å². The van der Waals surface area contributed by atoms with Crippen molar-refractivity contribution >= 4 is 41.3 Å². The molecule has 0 bridgehead atoms. The number of nitrogens with one attached hydrogen (secondary N) is 2. The first kappa shape index (κ1) is 22.6. The molecule has 1 rings (SSSR count). The number of hydrogen-bond acceptors (Lipinski definition) is 5. The zero-order valence-electron chi connectivity index (χ0n) is 14.6. The second-order valence-corrected chi connectivity index (χ2v) is 6.28. The lowest BCUT2D eigenvalue weighted by molar-refractivity contribution is 0.180. The van der Waals surface area contributed by atoms with Crippen LogP contribution in [-0.2, 0) is 17.7 Å². The van der Waals surface area contributed by atoms with E-state index >= 15 is 0 Å². The molecule has 2 N–H and O–H groups in total. The van der Waals surface area contributed by atoms with Gasteiger partial charge < -0.3 is 20.3 Å². The van der Waals surface area contributed by atoms with Gasteiger partial charge in [-0.15, -0.1) is 35.3 Å². The molecule has 134 valence electrons. The second-order valence-electron chi connectivity index (χ2n) is 5.08. The predicted molar refractivity (Wildman–Crippen MR) is 109 cm³/mol. The third-order valence-electron chi connectivity index (χ3n) is 3.25. The summed E-state index contributed by atoms with van der Waals surface area (Å²) < 4.78 is 5.06. The summed E-state index contributed by atoms with van der Waals surface area (Å²) in [7, 11) is 5.65. The monoisotopic (exact) mass is 455 g/mol. The van der Waals surface area contributed by atoms with E-state index in [-0.39, 0.29) is 24.0 Å². The van der Waals surface area contributed by atoms with Crippen molar-refractivity contribution in [1.29, 1.82) is 0 Å². The fourth-order valence-electron chi connectivity index (χ4n) is 1.93. The Morgan fingerprint density at radius 3 is 2.78 bits per heavy atom. The summed E-state index contributed by atoms with van der Waals surface area (Å²) in [6, 6.07) is 0. The molecule has 0 amide bonds. The van der Waals surface area contributed by atoms with E-state index in [4.69, 9.17) is 4.74 Å². The van der Waals surface area contributed by atoms with Crippen LogP contribution in [0.15, 0.2) is 11.2 Å². The van der Waals surface area contributed by atoms with Gasteiger partial charge in [0.05, 0.1) is 6.54 Å². The molecule has 0 saturated carbocycles. The number of halogens is 1. The fraction of sp³-hybridized carbons (Fsp3) is 0.733. The molecule has 0 aliphatic carbocycles. The van der Waals surface area contributed by atoms with Crippen LogP contribution in [0.4, 0.5) is 0 Å². The van der Waals surface area contributed by atoms with Gasteiger partial charge in [0.2, 0.25) is 0 Å². The Hall–Kier alpha value is -0.450. The topological polar surface area (TPSA) is 61.8 Å². The van der Waals surface area contributed by atoms with Crippen LogP contribution in [0.25, 0.3) is 0 Å². The van der Waals surface area contributed by atoms with Crippen LogP contribution in [0.5, 0.6) is 0 Å². The largest absolute Gasteiger partial charge is 0.385 e. The molecular weight excluding hydrogens is 425 g/mol. The smallest absolute Gasteiger partial charge is 0.191 e. The number of aromatic nitrogens is 1. The molecule has 1 aromatic rings. The van der Waals surface area contributed by atoms with Crippen LogP contribution in [0.2, 0.25) is 0 Å². The number of hydrogen-bond donors (Lipinski definition) is 2. The van der Waals surface area contributed by atoms with Crippen molar-refractivity contribution in [2.75, 3.05) is 47.4 Å². The first-order valence-corrected chi connectivity index (χ1v) is 8.56. The van der Waals surface area contributed by atoms with Crippen LogP contribution >= 0.6 is 35.3 Å². The van der Waals surface area contributed by atoms with Gasteiger partial charge in [-0.3, -0.25) is 4.99 Å². The number of nitrogens with zero attached hydrogens (tertiary/aromatic N) is 3. The third kappa shape index (κ3) is 10.1. The highest BCUT2D eigenvalue weighted by molar-refractivity contribution is 14.0. The molecule has 0 fully saturated rings. The van der Waals surface area contributed by atoms with Crippen molar-refractivity contribution in [3.8, 4) is 0 Å². The summed E-state index contributed by atoms with van der Waals surface area (Å²) in [5.41, 5.74) is 0. The number of aryl methyl sites for hydroxylation is 1. The van der Waals surface area contributed by atoms with E-state index in [1.165, 1.54) is 4.88 Å². The van der Waals surface area contributed by atoms with Crippen LogP contribution in [-0.4, -0.2) is 63.3 Å². The lowest BCUT2D eigenvalue weighted by Gasteiger charge is -2.17. The molecular formula is C15H30IN5OS. The van der Waals surface area contributed by atoms with E-state index in [0.717, 1.165) is 50.0 Å². The summed E-state index contributed by atoms with van der Waals surface area (Å²) in [6.07, 6.45) is 4.05. The number of aliphatic imine (C=N–C) groups is 1. The number of guanidine groups is 1. The number of ether oxygens (including phenoxy) is 1. The number of thiazole rings is 1. The average Bonchev–Trinajstić information content (AvgIpc) is 2.99. The number of rotatable bonds is 10. The molecule has 0 unspecified atom stereocenters. The fourth-order valence-corrected chi connectivity index (χ4v) is 2.73. The van der Waals surface area contributed by atoms with Gasteiger partial charge in [0.15, 0.2) is 5.96 Å². The molecule has 0 saturated heterocycles. The minimum Gasteiger partial charge on any atom is -0.385 e. The lowest BCUT2D eigenvalue weighted by Crippen LogP contribution is -2.40. The first-order chi connectivity index (χ1) is 10.7. The van der Waals surface area contributed by atoms with Gasteiger partial charge in [0.1, 0.15) is 5.01 Å². The predicted octanol–water partition coefficient (Wildman–Crippen LogP) is 1.96. The molecule has 23 heavy (non-hydrogen) atoms. The highest BCUT2D eigenvalue weighted by Gasteiger charge is 2.03. The maximum atomic E-state index is 5.06. The SMILES string of the molecule is CCc1cnc(CNC(=NC)NCCN(C)CCCOC)s1.I. The molecule has 0 spiro atoms. The van der Waals surface area contributed by atoms with E-state index in [0.29, 0.717) is 6.54 Å². The van der Waals surface area contributed by atoms with Crippen molar-refractivity contribution in [3.63, 3.8) is 0 Å². The molecule has 8 heteroatoms. The average molecular weight is 455 g/mol. The van der Waals surface area contributed by atoms with Crippen LogP contribution < -0.4 is 10.6 Å². The van der Waals surface area contributed by atoms with Gasteiger partial charge in [-0.1, -0.05) is 6.92 Å². The molecule has 1 heterocycles. The van der Waals surface area contributed by atoms with Crippen molar-refractivity contribution < 1.29 is 4.74 Å². The zero-order chi connectivity index (χ0) is 16.2. The normalized spacial score (nSPS) is 11.4. The third-order valence-corrected chi connectivity index (χ3v) is 4.40. The summed E-state index contributed by atoms with van der Waals surface area (Å²) in [4.78, 5) is 12.2. The molecule has 0 aromatic carbocycles. The maximum Gasteiger partial charge on any atom is 0.191 e. The Labute approximate surface area is 161 Å². The van der Waals surface area contributed by atoms with Gasteiger partial charge >= 0.3 is 0 Å². The minimum atomic E-state index is 0. The number of methoxy groups -OCH3 is 1. The quantitative estimate of drug-likeness (QED) is 0.245. The van der Waals surface area contributed by atoms with E-state index < -0.39 is 0 Å². The van der Waals surface area contributed by atoms with E-state index in [1.807, 2.05) is 6.20 Å². The Balaban J connectivity index is 0.00000484. The molecule has 6 nitrogen and oxygen atoms in total. The lowest BCUT2D eigenvalue weighted by atomic mass is 10.4. The Kier molecular flexibility index (Phi) is 13.7. The van der Waals surface area contributed by atoms with Crippen LogP contribution in [0.1, 0.15) is 23.2 Å². The van der Waals surface area contributed by atoms with E-state index in [9.17, 15) is 0 Å². The highest BCUT2D eigenvalue weighted by Crippen LogP contribution is 2.12. The molecule has 1 aromatic heterocycles. The van der Waals surface area contributed by atoms with Crippen molar-refractivity contribution in [2.45, 2.75) is 26.3 Å². The van der Waals surface area contributed by atoms with Crippen molar-refractivity contribution in [3.05, 3.63) is 16.1 Å². The zero-order valence-corrected chi connectivity index (χ0v) is 17.7. The Bertz CT molecular complexity index is 441. The summed E-state index contributed by atoms with van der Waals surface area (Å²) >= 11 is 1.75. The summed E-state index contributed by atoms with van der Waals surface area (Å²) in [5, 5.41) is 7.72. The van der Waals surface area contributed by atoms with Gasteiger partial charge in [-0.2, -0.15) is 0 Å². The van der Waals surface area contributed by atoms with Gasteiger partial charge in [0.25, 0.3) is 0 Å². The second kappa shape index (κ2) is 13.9. The Morgan fingerprint density at radius 2 is 2.17 bits per heavy atom. The Morgan fingerprint density at radius 1 is 1.39 bits per heavy atom. The van der Waals surface area contributed by atoms with Crippen molar-refractivity contribution in [2.24, 2.45) is 4.99 Å². The highest BCUT2D eigenvalue weighted by atomic mass is 127. The van der Waals surface area contributed by atoms with E-state index in [2.05, 4.69) is 39.5 Å². The van der Waals surface area contributed by atoms with Crippen LogP contribution in [0, 0.1) is 0 Å². The molecule has 0 aliphatic heterocycles.